The zero-order valence-electron chi connectivity index (χ0n) is 8.92. The molecule has 0 aromatic heterocycles. The Balaban J connectivity index is 2.26. The van der Waals surface area contributed by atoms with Gasteiger partial charge in [0.05, 0.1) is 19.1 Å². The molecule has 0 radical (unpaired) electrons. The second kappa shape index (κ2) is 6.00. The van der Waals surface area contributed by atoms with Crippen molar-refractivity contribution >= 4 is 5.97 Å². The van der Waals surface area contributed by atoms with Gasteiger partial charge in [0.1, 0.15) is 0 Å². The number of rotatable bonds is 4. The maximum absolute atomic E-state index is 12.1. The monoisotopic (exact) mass is 221 g/mol. The van der Waals surface area contributed by atoms with E-state index in [1.165, 1.54) is 0 Å². The Bertz CT molecular complexity index is 204. The third kappa shape index (κ3) is 4.11. The number of likely N-dealkylation sites (tertiary alicyclic amines) is 1. The number of ether oxygens (including phenoxy) is 1. The second-order valence-corrected chi connectivity index (χ2v) is 3.72. The highest BCUT2D eigenvalue weighted by molar-refractivity contribution is 5.72. The van der Waals surface area contributed by atoms with Gasteiger partial charge >= 0.3 is 5.97 Å². The van der Waals surface area contributed by atoms with Crippen LogP contribution < -0.4 is 0 Å². The lowest BCUT2D eigenvalue weighted by Gasteiger charge is -2.30. The highest BCUT2D eigenvalue weighted by Gasteiger charge is 2.26. The van der Waals surface area contributed by atoms with Crippen molar-refractivity contribution in [1.29, 1.82) is 0 Å². The maximum atomic E-state index is 12.1. The fourth-order valence-corrected chi connectivity index (χ4v) is 1.81. The largest absolute Gasteiger partial charge is 0.466 e. The van der Waals surface area contributed by atoms with Crippen LogP contribution in [0, 0.1) is 5.92 Å². The van der Waals surface area contributed by atoms with Gasteiger partial charge in [-0.15, -0.1) is 0 Å². The molecule has 3 nitrogen and oxygen atoms in total. The molecule has 0 aromatic carbocycles. The van der Waals surface area contributed by atoms with E-state index >= 15 is 0 Å². The minimum atomic E-state index is -2.29. The van der Waals surface area contributed by atoms with E-state index in [1.54, 1.807) is 11.8 Å². The van der Waals surface area contributed by atoms with Gasteiger partial charge in [0.25, 0.3) is 6.43 Å². The molecule has 5 heteroatoms. The normalized spacial score (nSPS) is 19.5. The highest BCUT2D eigenvalue weighted by Crippen LogP contribution is 2.19. The van der Waals surface area contributed by atoms with Gasteiger partial charge in [-0.1, -0.05) is 0 Å². The van der Waals surface area contributed by atoms with E-state index in [0.717, 1.165) is 0 Å². The summed E-state index contributed by atoms with van der Waals surface area (Å²) in [6, 6.07) is 0. The topological polar surface area (TPSA) is 29.5 Å². The van der Waals surface area contributed by atoms with Gasteiger partial charge in [0, 0.05) is 0 Å². The van der Waals surface area contributed by atoms with Crippen molar-refractivity contribution in [1.82, 2.24) is 4.90 Å². The third-order valence-corrected chi connectivity index (χ3v) is 2.60. The molecule has 0 N–H and O–H groups in total. The van der Waals surface area contributed by atoms with Crippen molar-refractivity contribution in [2.45, 2.75) is 26.2 Å². The molecule has 1 aliphatic heterocycles. The Morgan fingerprint density at radius 2 is 2.07 bits per heavy atom. The van der Waals surface area contributed by atoms with Crippen LogP contribution in [0.25, 0.3) is 0 Å². The molecule has 1 rings (SSSR count). The quantitative estimate of drug-likeness (QED) is 0.674. The number of carbonyl (C=O) groups is 1. The molecule has 15 heavy (non-hydrogen) atoms. The number of hydrogen-bond acceptors (Lipinski definition) is 3. The Kier molecular flexibility index (Phi) is 4.94. The maximum Gasteiger partial charge on any atom is 0.309 e. The zero-order chi connectivity index (χ0) is 11.3. The molecule has 1 aliphatic rings. The first-order chi connectivity index (χ1) is 7.13. The van der Waals surface area contributed by atoms with Crippen LogP contribution in [0.5, 0.6) is 0 Å². The molecule has 1 saturated heterocycles. The average Bonchev–Trinajstić information content (AvgIpc) is 2.18. The van der Waals surface area contributed by atoms with E-state index in [1.807, 2.05) is 0 Å². The van der Waals surface area contributed by atoms with E-state index < -0.39 is 6.43 Å². The lowest BCUT2D eigenvalue weighted by molar-refractivity contribution is -0.149. The van der Waals surface area contributed by atoms with Crippen molar-refractivity contribution in [3.05, 3.63) is 0 Å². The molecule has 0 unspecified atom stereocenters. The Morgan fingerprint density at radius 3 is 2.53 bits per heavy atom. The molecule has 0 saturated carbocycles. The predicted octanol–water partition coefficient (Wildman–Crippen LogP) is 1.53. The summed E-state index contributed by atoms with van der Waals surface area (Å²) in [7, 11) is 0. The van der Waals surface area contributed by atoms with Crippen molar-refractivity contribution in [2.75, 3.05) is 26.2 Å². The summed E-state index contributed by atoms with van der Waals surface area (Å²) in [6.45, 7) is 3.09. The molecule has 1 heterocycles. The summed E-state index contributed by atoms with van der Waals surface area (Å²) in [4.78, 5) is 13.0. The van der Waals surface area contributed by atoms with Gasteiger partial charge in [-0.25, -0.2) is 8.78 Å². The van der Waals surface area contributed by atoms with Crippen LogP contribution in [0.3, 0.4) is 0 Å². The van der Waals surface area contributed by atoms with Gasteiger partial charge in [-0.05, 0) is 32.9 Å². The summed E-state index contributed by atoms with van der Waals surface area (Å²) < 4.78 is 29.0. The number of alkyl halides is 2. The third-order valence-electron chi connectivity index (χ3n) is 2.60. The minimum Gasteiger partial charge on any atom is -0.466 e. The molecular weight excluding hydrogens is 204 g/mol. The summed E-state index contributed by atoms with van der Waals surface area (Å²) in [5, 5.41) is 0. The van der Waals surface area contributed by atoms with Crippen molar-refractivity contribution in [3.8, 4) is 0 Å². The number of nitrogens with zero attached hydrogens (tertiary/aromatic N) is 1. The first-order valence-electron chi connectivity index (χ1n) is 5.30. The fraction of sp³-hybridized carbons (Fsp3) is 0.900. The number of carbonyl (C=O) groups excluding carboxylic acids is 1. The lowest BCUT2D eigenvalue weighted by Crippen LogP contribution is -2.39. The molecule has 0 atom stereocenters. The van der Waals surface area contributed by atoms with E-state index in [9.17, 15) is 13.6 Å². The first-order valence-corrected chi connectivity index (χ1v) is 5.30. The van der Waals surface area contributed by atoms with Gasteiger partial charge in [-0.2, -0.15) is 0 Å². The molecule has 0 aromatic rings. The predicted molar refractivity (Wildman–Crippen MR) is 51.8 cm³/mol. The Labute approximate surface area is 88.4 Å². The molecule has 0 aliphatic carbocycles. The summed E-state index contributed by atoms with van der Waals surface area (Å²) >= 11 is 0. The second-order valence-electron chi connectivity index (χ2n) is 3.72. The zero-order valence-corrected chi connectivity index (χ0v) is 8.92. The SMILES string of the molecule is CCOC(=O)C1CCN(CC(F)F)CC1. The average molecular weight is 221 g/mol. The van der Waals surface area contributed by atoms with E-state index in [0.29, 0.717) is 32.5 Å². The van der Waals surface area contributed by atoms with Crippen molar-refractivity contribution in [3.63, 3.8) is 0 Å². The number of piperidine rings is 1. The molecule has 0 amide bonds. The van der Waals surface area contributed by atoms with Crippen LogP contribution in [0.4, 0.5) is 8.78 Å². The van der Waals surface area contributed by atoms with Crippen LogP contribution in [-0.4, -0.2) is 43.5 Å². The Hall–Kier alpha value is -0.710. The molecule has 88 valence electrons. The first kappa shape index (κ1) is 12.4. The van der Waals surface area contributed by atoms with Crippen LogP contribution in [0.1, 0.15) is 19.8 Å². The van der Waals surface area contributed by atoms with Gasteiger partial charge in [0.2, 0.25) is 0 Å². The molecular formula is C10H17F2NO2. The summed E-state index contributed by atoms with van der Waals surface area (Å²) in [5.74, 6) is -0.284. The van der Waals surface area contributed by atoms with Crippen molar-refractivity contribution in [2.24, 2.45) is 5.92 Å². The summed E-state index contributed by atoms with van der Waals surface area (Å²) in [6.07, 6.45) is -1.03. The van der Waals surface area contributed by atoms with Gasteiger partial charge in [-0.3, -0.25) is 9.69 Å². The lowest BCUT2D eigenvalue weighted by atomic mass is 9.97. The molecule has 1 fully saturated rings. The smallest absolute Gasteiger partial charge is 0.309 e. The van der Waals surface area contributed by atoms with Crippen molar-refractivity contribution < 1.29 is 18.3 Å². The number of hydrogen-bond donors (Lipinski definition) is 0. The van der Waals surface area contributed by atoms with Crippen LogP contribution in [0.2, 0.25) is 0 Å². The van der Waals surface area contributed by atoms with Crippen LogP contribution >= 0.6 is 0 Å². The molecule has 0 bridgehead atoms. The van der Waals surface area contributed by atoms with Crippen LogP contribution in [-0.2, 0) is 9.53 Å². The Morgan fingerprint density at radius 1 is 1.47 bits per heavy atom. The van der Waals surface area contributed by atoms with E-state index in [2.05, 4.69) is 0 Å². The fourth-order valence-electron chi connectivity index (χ4n) is 1.81. The van der Waals surface area contributed by atoms with E-state index in [-0.39, 0.29) is 18.4 Å². The minimum absolute atomic E-state index is 0.0983. The van der Waals surface area contributed by atoms with Crippen LogP contribution in [0.15, 0.2) is 0 Å². The number of halogens is 2. The number of esters is 1. The van der Waals surface area contributed by atoms with E-state index in [4.69, 9.17) is 4.74 Å². The van der Waals surface area contributed by atoms with Gasteiger partial charge in [0.15, 0.2) is 0 Å². The standard InChI is InChI=1S/C10H17F2NO2/c1-2-15-10(14)8-3-5-13(6-4-8)7-9(11)12/h8-9H,2-7H2,1H3. The highest BCUT2D eigenvalue weighted by atomic mass is 19.3. The van der Waals surface area contributed by atoms with Gasteiger partial charge < -0.3 is 4.74 Å². The summed E-state index contributed by atoms with van der Waals surface area (Å²) in [5.41, 5.74) is 0. The molecule has 0 spiro atoms.